The Hall–Kier alpha value is -1.01. The Morgan fingerprint density at radius 2 is 2.12 bits per heavy atom. The minimum atomic E-state index is -0.753. The van der Waals surface area contributed by atoms with Crippen LogP contribution in [0.3, 0.4) is 0 Å². The number of carbonyl (C=O) groups excluding carboxylic acids is 1. The first-order chi connectivity index (χ1) is 12.1. The van der Waals surface area contributed by atoms with Gasteiger partial charge in [0.15, 0.2) is 0 Å². The Morgan fingerprint density at radius 1 is 1.32 bits per heavy atom. The molecule has 1 aliphatic carbocycles. The van der Waals surface area contributed by atoms with Gasteiger partial charge in [-0.25, -0.2) is 0 Å². The SMILES string of the molecule is O=C(O)CCCSCCN1C(=O)CCC[C@@H]1/C=C/C(O)CCC1CC1. The van der Waals surface area contributed by atoms with Crippen LogP contribution in [-0.2, 0) is 9.59 Å². The van der Waals surface area contributed by atoms with Gasteiger partial charge in [-0.2, -0.15) is 11.8 Å². The van der Waals surface area contributed by atoms with Gasteiger partial charge in [-0.1, -0.05) is 25.0 Å². The Kier molecular flexibility index (Phi) is 8.82. The van der Waals surface area contributed by atoms with Crippen LogP contribution in [0.5, 0.6) is 0 Å². The summed E-state index contributed by atoms with van der Waals surface area (Å²) >= 11 is 1.70. The zero-order chi connectivity index (χ0) is 18.1. The highest BCUT2D eigenvalue weighted by Crippen LogP contribution is 2.34. The standard InChI is InChI=1S/C19H31NO4S/c21-17(10-8-15-6-7-15)11-9-16-3-1-4-18(22)20(16)12-14-25-13-2-5-19(23)24/h9,11,15-17,21H,1-8,10,12-14H2,(H,23,24)/b11-9+/t16-,17?/m1/s1. The van der Waals surface area contributed by atoms with E-state index in [9.17, 15) is 14.7 Å². The van der Waals surface area contributed by atoms with E-state index in [1.807, 2.05) is 17.1 Å². The van der Waals surface area contributed by atoms with E-state index in [0.717, 1.165) is 43.1 Å². The number of hydrogen-bond donors (Lipinski definition) is 2. The highest BCUT2D eigenvalue weighted by Gasteiger charge is 2.26. The summed E-state index contributed by atoms with van der Waals surface area (Å²) in [5, 5.41) is 18.7. The topological polar surface area (TPSA) is 77.8 Å². The van der Waals surface area contributed by atoms with Gasteiger partial charge in [-0.3, -0.25) is 9.59 Å². The molecule has 0 bridgehead atoms. The highest BCUT2D eigenvalue weighted by atomic mass is 32.2. The van der Waals surface area contributed by atoms with Crippen molar-refractivity contribution in [3.8, 4) is 0 Å². The molecular weight excluding hydrogens is 338 g/mol. The molecule has 0 aromatic rings. The number of rotatable bonds is 12. The van der Waals surface area contributed by atoms with Crippen molar-refractivity contribution >= 4 is 23.6 Å². The van der Waals surface area contributed by atoms with Gasteiger partial charge in [0.25, 0.3) is 0 Å². The van der Waals surface area contributed by atoms with E-state index in [0.29, 0.717) is 19.4 Å². The van der Waals surface area contributed by atoms with Crippen LogP contribution in [0, 0.1) is 5.92 Å². The maximum Gasteiger partial charge on any atom is 0.303 e. The molecule has 6 heteroatoms. The largest absolute Gasteiger partial charge is 0.481 e. The molecule has 0 aromatic heterocycles. The predicted molar refractivity (Wildman–Crippen MR) is 101 cm³/mol. The quantitative estimate of drug-likeness (QED) is 0.408. The first kappa shape index (κ1) is 20.3. The smallest absolute Gasteiger partial charge is 0.303 e. The number of aliphatic hydroxyl groups excluding tert-OH is 1. The van der Waals surface area contributed by atoms with Crippen LogP contribution in [0.1, 0.15) is 57.8 Å². The van der Waals surface area contributed by atoms with Crippen LogP contribution in [0.15, 0.2) is 12.2 Å². The van der Waals surface area contributed by atoms with Gasteiger partial charge in [0.05, 0.1) is 12.1 Å². The van der Waals surface area contributed by atoms with Crippen molar-refractivity contribution in [2.75, 3.05) is 18.1 Å². The Bertz CT molecular complexity index is 464. The van der Waals surface area contributed by atoms with Gasteiger partial charge in [-0.05, 0) is 43.8 Å². The number of carboxylic acids is 1. The fourth-order valence-electron chi connectivity index (χ4n) is 3.19. The second-order valence-electron chi connectivity index (χ2n) is 7.13. The molecule has 142 valence electrons. The molecule has 1 amide bonds. The third kappa shape index (κ3) is 8.27. The summed E-state index contributed by atoms with van der Waals surface area (Å²) in [5.41, 5.74) is 0. The number of aliphatic hydroxyl groups is 1. The number of thioether (sulfide) groups is 1. The molecule has 1 heterocycles. The molecule has 2 fully saturated rings. The molecule has 1 unspecified atom stereocenters. The molecule has 2 N–H and O–H groups in total. The van der Waals surface area contributed by atoms with Crippen molar-refractivity contribution < 1.29 is 19.8 Å². The molecule has 1 aliphatic heterocycles. The minimum absolute atomic E-state index is 0.0939. The van der Waals surface area contributed by atoms with Crippen molar-refractivity contribution in [1.82, 2.24) is 4.90 Å². The van der Waals surface area contributed by atoms with Gasteiger partial charge in [0.1, 0.15) is 0 Å². The lowest BCUT2D eigenvalue weighted by atomic mass is 10.00. The molecule has 0 radical (unpaired) electrons. The summed E-state index contributed by atoms with van der Waals surface area (Å²) in [6, 6.07) is 0.0939. The van der Waals surface area contributed by atoms with Crippen molar-refractivity contribution in [3.63, 3.8) is 0 Å². The van der Waals surface area contributed by atoms with E-state index in [-0.39, 0.29) is 18.4 Å². The van der Waals surface area contributed by atoms with Crippen molar-refractivity contribution in [1.29, 1.82) is 0 Å². The highest BCUT2D eigenvalue weighted by molar-refractivity contribution is 7.99. The Labute approximate surface area is 154 Å². The molecule has 25 heavy (non-hydrogen) atoms. The maximum atomic E-state index is 12.2. The fraction of sp³-hybridized carbons (Fsp3) is 0.789. The fourth-order valence-corrected chi connectivity index (χ4v) is 4.07. The lowest BCUT2D eigenvalue weighted by Gasteiger charge is -2.34. The van der Waals surface area contributed by atoms with E-state index in [1.54, 1.807) is 11.8 Å². The second-order valence-corrected chi connectivity index (χ2v) is 8.35. The van der Waals surface area contributed by atoms with Crippen LogP contribution in [-0.4, -0.2) is 57.2 Å². The van der Waals surface area contributed by atoms with Gasteiger partial charge in [0.2, 0.25) is 5.91 Å². The summed E-state index contributed by atoms with van der Waals surface area (Å²) in [5.74, 6) is 1.92. The minimum Gasteiger partial charge on any atom is -0.481 e. The van der Waals surface area contributed by atoms with Crippen molar-refractivity contribution in [3.05, 3.63) is 12.2 Å². The first-order valence-electron chi connectivity index (χ1n) is 9.51. The van der Waals surface area contributed by atoms with Crippen molar-refractivity contribution in [2.24, 2.45) is 5.92 Å². The monoisotopic (exact) mass is 369 g/mol. The Morgan fingerprint density at radius 3 is 2.84 bits per heavy atom. The number of amides is 1. The second kappa shape index (κ2) is 10.9. The van der Waals surface area contributed by atoms with E-state index in [2.05, 4.69) is 0 Å². The zero-order valence-corrected chi connectivity index (χ0v) is 15.8. The summed E-state index contributed by atoms with van der Waals surface area (Å²) < 4.78 is 0. The average Bonchev–Trinajstić information content (AvgIpc) is 3.39. The predicted octanol–water partition coefficient (Wildman–Crippen LogP) is 3.07. The van der Waals surface area contributed by atoms with Gasteiger partial charge in [-0.15, -0.1) is 0 Å². The van der Waals surface area contributed by atoms with E-state index >= 15 is 0 Å². The van der Waals surface area contributed by atoms with Crippen LogP contribution in [0.2, 0.25) is 0 Å². The Balaban J connectivity index is 1.70. The zero-order valence-electron chi connectivity index (χ0n) is 14.9. The number of piperidine rings is 1. The molecule has 1 saturated heterocycles. The normalized spacial score (nSPS) is 22.5. The van der Waals surface area contributed by atoms with Crippen LogP contribution >= 0.6 is 11.8 Å². The molecular formula is C19H31NO4S. The molecule has 0 spiro atoms. The van der Waals surface area contributed by atoms with Crippen molar-refractivity contribution in [2.45, 2.75) is 69.9 Å². The van der Waals surface area contributed by atoms with Gasteiger partial charge >= 0.3 is 5.97 Å². The number of aliphatic carboxylic acids is 1. The number of carbonyl (C=O) groups is 2. The third-order valence-corrected chi connectivity index (χ3v) is 5.94. The lowest BCUT2D eigenvalue weighted by Crippen LogP contribution is -2.43. The van der Waals surface area contributed by atoms with Gasteiger partial charge in [0, 0.05) is 25.1 Å². The number of hydrogen-bond acceptors (Lipinski definition) is 4. The molecule has 2 atom stereocenters. The number of nitrogens with zero attached hydrogens (tertiary/aromatic N) is 1. The summed E-state index contributed by atoms with van der Waals surface area (Å²) in [6.07, 6.45) is 11.4. The molecule has 0 aromatic carbocycles. The van der Waals surface area contributed by atoms with Gasteiger partial charge < -0.3 is 15.1 Å². The van der Waals surface area contributed by atoms with Crippen LogP contribution in [0.25, 0.3) is 0 Å². The van der Waals surface area contributed by atoms with E-state index in [1.165, 1.54) is 12.8 Å². The summed E-state index contributed by atoms with van der Waals surface area (Å²) in [7, 11) is 0. The molecule has 1 saturated carbocycles. The molecule has 2 rings (SSSR count). The van der Waals surface area contributed by atoms with E-state index in [4.69, 9.17) is 5.11 Å². The summed E-state index contributed by atoms with van der Waals surface area (Å²) in [6.45, 7) is 0.698. The van der Waals surface area contributed by atoms with Crippen LogP contribution < -0.4 is 0 Å². The maximum absolute atomic E-state index is 12.2. The van der Waals surface area contributed by atoms with E-state index < -0.39 is 12.1 Å². The lowest BCUT2D eigenvalue weighted by molar-refractivity contribution is -0.137. The summed E-state index contributed by atoms with van der Waals surface area (Å²) in [4.78, 5) is 24.6. The average molecular weight is 370 g/mol. The molecule has 5 nitrogen and oxygen atoms in total. The van der Waals surface area contributed by atoms with Crippen LogP contribution in [0.4, 0.5) is 0 Å². The number of likely N-dealkylation sites (tertiary alicyclic amines) is 1. The third-order valence-electron chi connectivity index (χ3n) is 4.89. The number of carboxylic acid groups (broad SMARTS) is 1. The first-order valence-corrected chi connectivity index (χ1v) is 10.7. The molecule has 2 aliphatic rings.